The fourth-order valence-corrected chi connectivity index (χ4v) is 9.97. The summed E-state index contributed by atoms with van der Waals surface area (Å²) < 4.78 is 35.8. The van der Waals surface area contributed by atoms with Gasteiger partial charge in [-0.1, -0.05) is 40.5 Å². The van der Waals surface area contributed by atoms with E-state index in [4.69, 9.17) is 48.0 Å². The van der Waals surface area contributed by atoms with E-state index in [-0.39, 0.29) is 69.5 Å². The second-order valence-electron chi connectivity index (χ2n) is 15.8. The van der Waals surface area contributed by atoms with Gasteiger partial charge in [-0.3, -0.25) is 14.5 Å². The number of thiazole rings is 1. The van der Waals surface area contributed by atoms with E-state index in [0.29, 0.717) is 22.1 Å². The summed E-state index contributed by atoms with van der Waals surface area (Å²) in [5.74, 6) is -2.20. The van der Waals surface area contributed by atoms with Crippen molar-refractivity contribution < 1.29 is 47.2 Å². The van der Waals surface area contributed by atoms with Crippen LogP contribution >= 0.6 is 46.3 Å². The van der Waals surface area contributed by atoms with E-state index in [2.05, 4.69) is 15.1 Å². The van der Waals surface area contributed by atoms with Crippen LogP contribution in [-0.2, 0) is 48.4 Å². The number of oxime groups is 1. The van der Waals surface area contributed by atoms with Gasteiger partial charge in [0.15, 0.2) is 30.4 Å². The van der Waals surface area contributed by atoms with Gasteiger partial charge in [-0.2, -0.15) is 4.99 Å². The molecule has 2 amide bonds. The van der Waals surface area contributed by atoms with E-state index < -0.39 is 46.5 Å². The Labute approximate surface area is 385 Å². The van der Waals surface area contributed by atoms with E-state index in [1.54, 1.807) is 65.3 Å². The summed E-state index contributed by atoms with van der Waals surface area (Å²) in [5, 5.41) is 4.90. The number of carbonyl (C=O) groups is 4. The Balaban J connectivity index is 1.12. The number of hydrogen-bond donors (Lipinski definition) is 1. The Morgan fingerprint density at radius 3 is 2.50 bits per heavy atom. The van der Waals surface area contributed by atoms with Gasteiger partial charge in [-0.15, -0.1) is 23.1 Å². The van der Waals surface area contributed by atoms with Crippen molar-refractivity contribution in [1.82, 2.24) is 14.5 Å². The summed E-state index contributed by atoms with van der Waals surface area (Å²) in [6.45, 7) is 7.06. The minimum Gasteiger partial charge on any atom is -0.497 e. The molecule has 0 bridgehead atoms. The average molecular weight is 952 g/mol. The van der Waals surface area contributed by atoms with Crippen LogP contribution in [0.3, 0.4) is 0 Å². The Kier molecular flexibility index (Phi) is 13.8. The molecule has 7 rings (SSSR count). The minimum atomic E-state index is -0.908. The summed E-state index contributed by atoms with van der Waals surface area (Å²) in [7, 11) is 2.86. The lowest BCUT2D eigenvalue weighted by Crippen LogP contribution is -2.62. The number of esters is 1. The smallest absolute Gasteiger partial charge is 0.436 e. The number of rotatable bonds is 14. The van der Waals surface area contributed by atoms with Crippen LogP contribution in [0, 0.1) is 18.7 Å². The maximum Gasteiger partial charge on any atom is 0.436 e. The molecular weight excluding hydrogens is 909 g/mol. The molecule has 0 unspecified atom stereocenters. The highest BCUT2D eigenvalue weighted by Gasteiger charge is 2.55. The number of Topliss-reactive ketones (excluding diaryl/α,β-unsaturated/α-hetero) is 1. The third-order valence-electron chi connectivity index (χ3n) is 10.2. The number of aromatic nitrogens is 3. The number of β-lactam (4-membered cyclic amide) rings is 1. The maximum atomic E-state index is 15.6. The summed E-state index contributed by atoms with van der Waals surface area (Å²) in [4.78, 5) is 68.3. The zero-order valence-corrected chi connectivity index (χ0v) is 38.7. The number of fused-ring (bicyclic) bond motifs is 2. The molecule has 334 valence electrons. The van der Waals surface area contributed by atoms with Gasteiger partial charge in [0.2, 0.25) is 5.91 Å². The SMILES string of the molecule is CO/N=C(\C(=O)C[C@@H]1C(=O)N2C(C(=O)OCc3ccc(OC)cc3)=C(C[n+]3ccc4c(ccn4Cc4c(F)cc(C(N)=NC(=O)OC(C)(C)C)cc4Cl)c3)CS[C@H]12)c1nc(C)sc1Cl. The van der Waals surface area contributed by atoms with Crippen molar-refractivity contribution in [2.24, 2.45) is 21.8 Å². The molecule has 0 radical (unpaired) electrons. The number of aliphatic imine (C=N–C) groups is 1. The molecule has 5 aromatic rings. The fraction of sp³-hybridized carbons (Fsp3) is 0.318. The van der Waals surface area contributed by atoms with Crippen LogP contribution in [-0.4, -0.2) is 80.7 Å². The highest BCUT2D eigenvalue weighted by atomic mass is 35.5. The normalized spacial score (nSPS) is 16.7. The van der Waals surface area contributed by atoms with E-state index in [9.17, 15) is 19.2 Å². The molecule has 2 aromatic carbocycles. The Hall–Kier alpha value is -5.82. The molecule has 2 atom stereocenters. The molecule has 0 spiro atoms. The number of carbonyl (C=O) groups excluding carboxylic acids is 4. The van der Waals surface area contributed by atoms with Crippen LogP contribution in [0.15, 0.2) is 88.5 Å². The lowest BCUT2D eigenvalue weighted by Gasteiger charge is -2.49. The van der Waals surface area contributed by atoms with E-state index in [1.807, 2.05) is 33.7 Å². The van der Waals surface area contributed by atoms with Crippen molar-refractivity contribution >= 4 is 92.5 Å². The zero-order chi connectivity index (χ0) is 46.0. The maximum absolute atomic E-state index is 15.6. The number of halogens is 3. The number of thioether (sulfide) groups is 1. The van der Waals surface area contributed by atoms with Gasteiger partial charge in [-0.05, 0) is 63.6 Å². The number of benzene rings is 2. The molecule has 2 N–H and O–H groups in total. The Bertz CT molecular complexity index is 2740. The molecular formula is C44H43Cl2FN7O8S2+. The summed E-state index contributed by atoms with van der Waals surface area (Å²) in [6, 6.07) is 13.4. The number of aryl methyl sites for hydroxylation is 1. The van der Waals surface area contributed by atoms with Gasteiger partial charge < -0.3 is 29.3 Å². The number of nitrogens with two attached hydrogens (primary N) is 1. The third kappa shape index (κ3) is 10.1. The second-order valence-corrected chi connectivity index (χ2v) is 19.1. The monoisotopic (exact) mass is 950 g/mol. The van der Waals surface area contributed by atoms with Crippen molar-refractivity contribution in [2.75, 3.05) is 20.0 Å². The Morgan fingerprint density at radius 2 is 1.84 bits per heavy atom. The molecule has 1 saturated heterocycles. The molecule has 64 heavy (non-hydrogen) atoms. The largest absolute Gasteiger partial charge is 0.497 e. The van der Waals surface area contributed by atoms with Crippen LogP contribution in [0.4, 0.5) is 9.18 Å². The summed E-state index contributed by atoms with van der Waals surface area (Å²) in [5.41, 5.74) is 7.87. The number of amides is 2. The van der Waals surface area contributed by atoms with E-state index in [1.165, 1.54) is 47.2 Å². The van der Waals surface area contributed by atoms with Gasteiger partial charge in [0.05, 0.1) is 40.9 Å². The van der Waals surface area contributed by atoms with Crippen molar-refractivity contribution in [2.45, 2.75) is 64.8 Å². The quantitative estimate of drug-likeness (QED) is 0.0293. The highest BCUT2D eigenvalue weighted by molar-refractivity contribution is 8.00. The predicted octanol–water partition coefficient (Wildman–Crippen LogP) is 7.38. The summed E-state index contributed by atoms with van der Waals surface area (Å²) >= 11 is 15.6. The summed E-state index contributed by atoms with van der Waals surface area (Å²) in [6.07, 6.45) is 4.38. The van der Waals surface area contributed by atoms with Crippen molar-refractivity contribution in [1.29, 1.82) is 0 Å². The van der Waals surface area contributed by atoms with Gasteiger partial charge >= 0.3 is 12.1 Å². The molecule has 15 nitrogen and oxygen atoms in total. The number of hydrogen-bond acceptors (Lipinski definition) is 12. The highest BCUT2D eigenvalue weighted by Crippen LogP contribution is 2.46. The molecule has 2 aliphatic heterocycles. The number of ether oxygens (including phenoxy) is 3. The standard InChI is InChI=1S/C44H42Cl2FN7O8S2/c1-23-49-36(38(46)64-23)35(51-60-6)34(55)17-29-40(56)54-37(42(57)61-21-24-7-9-28(59-5)10-8-24)27(22-63-41(29)54)19-52-13-12-33-25(18-52)11-14-53(33)20-30-31(45)15-26(16-32(30)47)39(48)50-43(58)62-44(2,3)4/h7-16,18,29,41H,17,19-22H2,1-6H3,(H-,48,50,58)/p+1/b51-35+/t29-,41-/m1/s1. The zero-order valence-electron chi connectivity index (χ0n) is 35.5. The molecule has 0 aliphatic carbocycles. The Morgan fingerprint density at radius 1 is 1.09 bits per heavy atom. The van der Waals surface area contributed by atoms with E-state index in [0.717, 1.165) is 16.5 Å². The molecule has 2 aliphatic rings. The molecule has 3 aromatic heterocycles. The average Bonchev–Trinajstić information content (AvgIpc) is 3.81. The lowest BCUT2D eigenvalue weighted by molar-refractivity contribution is -0.687. The van der Waals surface area contributed by atoms with Crippen LogP contribution in [0.5, 0.6) is 5.75 Å². The van der Waals surface area contributed by atoms with Gasteiger partial charge in [0.25, 0.3) is 0 Å². The molecule has 5 heterocycles. The van der Waals surface area contributed by atoms with Crippen LogP contribution < -0.4 is 15.0 Å². The number of methoxy groups -OCH3 is 1. The minimum absolute atomic E-state index is 0.0565. The number of pyridine rings is 1. The van der Waals surface area contributed by atoms with Gasteiger partial charge in [0.1, 0.15) is 52.4 Å². The third-order valence-corrected chi connectivity index (χ3v) is 13.1. The number of nitrogens with zero attached hydrogens (tertiary/aromatic N) is 6. The fourth-order valence-electron chi connectivity index (χ4n) is 7.20. The molecule has 20 heteroatoms. The number of ketones is 1. The number of amidine groups is 1. The van der Waals surface area contributed by atoms with E-state index >= 15 is 4.39 Å². The van der Waals surface area contributed by atoms with Crippen LogP contribution in [0.1, 0.15) is 54.6 Å². The second kappa shape index (κ2) is 19.1. The molecule has 0 saturated carbocycles. The first-order valence-electron chi connectivity index (χ1n) is 19.7. The lowest BCUT2D eigenvalue weighted by atomic mass is 9.89. The van der Waals surface area contributed by atoms with Crippen molar-refractivity contribution in [3.8, 4) is 5.75 Å². The first-order valence-corrected chi connectivity index (χ1v) is 22.3. The van der Waals surface area contributed by atoms with Crippen molar-refractivity contribution in [3.63, 3.8) is 0 Å². The van der Waals surface area contributed by atoms with Crippen molar-refractivity contribution in [3.05, 3.63) is 121 Å². The first kappa shape index (κ1) is 46.2. The van der Waals surface area contributed by atoms with Gasteiger partial charge in [-0.25, -0.2) is 23.5 Å². The molecule has 1 fully saturated rings. The van der Waals surface area contributed by atoms with Gasteiger partial charge in [0, 0.05) is 46.2 Å². The first-order chi connectivity index (χ1) is 30.4. The topological polar surface area (TPSA) is 181 Å². The van der Waals surface area contributed by atoms with Crippen LogP contribution in [0.2, 0.25) is 9.36 Å². The predicted molar refractivity (Wildman–Crippen MR) is 241 cm³/mol. The van der Waals surface area contributed by atoms with Crippen LogP contribution in [0.25, 0.3) is 10.9 Å².